The number of nitrogens with zero attached hydrogens (tertiary/aromatic N) is 1. The molecule has 2 heterocycles. The zero-order valence-corrected chi connectivity index (χ0v) is 14.2. The van der Waals surface area contributed by atoms with Gasteiger partial charge in [-0.05, 0) is 31.0 Å². The molecule has 0 atom stereocenters. The summed E-state index contributed by atoms with van der Waals surface area (Å²) in [6.45, 7) is 3.23. The molecule has 1 N–H and O–H groups in total. The van der Waals surface area contributed by atoms with Gasteiger partial charge in [0.2, 0.25) is 0 Å². The fraction of sp³-hybridized carbons (Fsp3) is 0.267. The van der Waals surface area contributed by atoms with E-state index in [1.807, 2.05) is 6.92 Å². The number of hydrogen-bond acceptors (Lipinski definition) is 4. The molecule has 0 bridgehead atoms. The van der Waals surface area contributed by atoms with E-state index in [0.717, 1.165) is 23.1 Å². The van der Waals surface area contributed by atoms with Crippen LogP contribution in [-0.2, 0) is 12.6 Å². The molecule has 9 heteroatoms. The zero-order chi connectivity index (χ0) is 18.1. The Morgan fingerprint density at radius 3 is 2.50 bits per heavy atom. The molecule has 0 aliphatic rings. The molecule has 128 valence electrons. The molecule has 24 heavy (non-hydrogen) atoms. The normalized spacial score (nSPS) is 11.4. The van der Waals surface area contributed by atoms with Crippen molar-refractivity contribution in [3.63, 3.8) is 0 Å². The Balaban J connectivity index is 2.29. The van der Waals surface area contributed by atoms with E-state index >= 15 is 0 Å². The topological polar surface area (TPSA) is 59.1 Å². The van der Waals surface area contributed by atoms with E-state index in [-0.39, 0.29) is 16.5 Å². The van der Waals surface area contributed by atoms with Crippen LogP contribution in [0.25, 0.3) is 0 Å². The smallest absolute Gasteiger partial charge is 0.306 e. The molecule has 4 nitrogen and oxygen atoms in total. The number of carbonyl (C=O) groups excluding carboxylic acids is 2. The number of thiophene rings is 1. The number of aryl methyl sites for hydroxylation is 1. The Kier molecular flexibility index (Phi) is 5.29. The summed E-state index contributed by atoms with van der Waals surface area (Å²) in [5.41, 5.74) is -0.364. The standard InChI is InChI=1S/C15H12ClF3N2O2S/c1-3-8-4-11(24-13(8)7(2)22)14(23)21-12-5-9(15(17,18)19)10(16)6-20-12/h4-6H,3H2,1-2H3,(H,20,21,23). The summed E-state index contributed by atoms with van der Waals surface area (Å²) in [5, 5.41) is 1.74. The minimum Gasteiger partial charge on any atom is -0.306 e. The van der Waals surface area contributed by atoms with Crippen LogP contribution in [0.15, 0.2) is 18.3 Å². The van der Waals surface area contributed by atoms with Crippen LogP contribution in [0.4, 0.5) is 19.0 Å². The highest BCUT2D eigenvalue weighted by atomic mass is 35.5. The lowest BCUT2D eigenvalue weighted by molar-refractivity contribution is -0.137. The summed E-state index contributed by atoms with van der Waals surface area (Å²) in [6.07, 6.45) is -3.26. The predicted octanol–water partition coefficient (Wildman–Crippen LogP) is 4.83. The molecule has 0 radical (unpaired) electrons. The number of carbonyl (C=O) groups is 2. The zero-order valence-electron chi connectivity index (χ0n) is 12.6. The van der Waals surface area contributed by atoms with E-state index in [2.05, 4.69) is 10.3 Å². The first kappa shape index (κ1) is 18.4. The molecule has 2 aromatic rings. The number of nitrogens with one attached hydrogen (secondary N) is 1. The number of hydrogen-bond donors (Lipinski definition) is 1. The van der Waals surface area contributed by atoms with Gasteiger partial charge in [-0.25, -0.2) is 4.98 Å². The van der Waals surface area contributed by atoms with Gasteiger partial charge in [-0.15, -0.1) is 11.3 Å². The first-order valence-electron chi connectivity index (χ1n) is 6.81. The number of pyridine rings is 1. The van der Waals surface area contributed by atoms with Gasteiger partial charge in [0, 0.05) is 6.20 Å². The summed E-state index contributed by atoms with van der Waals surface area (Å²) in [7, 11) is 0. The maximum atomic E-state index is 12.8. The highest BCUT2D eigenvalue weighted by Gasteiger charge is 2.34. The summed E-state index contributed by atoms with van der Waals surface area (Å²) in [6, 6.07) is 2.22. The molecule has 0 saturated heterocycles. The SMILES string of the molecule is CCc1cc(C(=O)Nc2cc(C(F)(F)F)c(Cl)cn2)sc1C(C)=O. The summed E-state index contributed by atoms with van der Waals surface area (Å²) < 4.78 is 38.5. The third-order valence-electron chi connectivity index (χ3n) is 3.14. The molecule has 0 fully saturated rings. The van der Waals surface area contributed by atoms with Crippen LogP contribution in [0.5, 0.6) is 0 Å². The van der Waals surface area contributed by atoms with Crippen molar-refractivity contribution in [1.29, 1.82) is 0 Å². The van der Waals surface area contributed by atoms with Gasteiger partial charge >= 0.3 is 6.18 Å². The molecular weight excluding hydrogens is 365 g/mol. The number of anilines is 1. The minimum absolute atomic E-state index is 0.167. The van der Waals surface area contributed by atoms with Gasteiger partial charge < -0.3 is 5.32 Å². The molecule has 0 aliphatic heterocycles. The van der Waals surface area contributed by atoms with Crippen molar-refractivity contribution in [2.24, 2.45) is 0 Å². The molecule has 0 spiro atoms. The molecule has 2 aromatic heterocycles. The lowest BCUT2D eigenvalue weighted by Crippen LogP contribution is -2.13. The largest absolute Gasteiger partial charge is 0.418 e. The van der Waals surface area contributed by atoms with Gasteiger partial charge in [0.05, 0.1) is 20.3 Å². The Bertz CT molecular complexity index is 803. The van der Waals surface area contributed by atoms with Crippen molar-refractivity contribution < 1.29 is 22.8 Å². The highest BCUT2D eigenvalue weighted by Crippen LogP contribution is 2.35. The predicted molar refractivity (Wildman–Crippen MR) is 85.9 cm³/mol. The van der Waals surface area contributed by atoms with E-state index in [1.165, 1.54) is 6.92 Å². The molecule has 0 unspecified atom stereocenters. The fourth-order valence-electron chi connectivity index (χ4n) is 2.00. The Morgan fingerprint density at radius 2 is 2.00 bits per heavy atom. The van der Waals surface area contributed by atoms with Crippen molar-refractivity contribution in [2.45, 2.75) is 26.4 Å². The third kappa shape index (κ3) is 3.93. The van der Waals surface area contributed by atoms with Crippen LogP contribution in [0.1, 0.15) is 44.3 Å². The van der Waals surface area contributed by atoms with Crippen LogP contribution in [0.2, 0.25) is 5.02 Å². The lowest BCUT2D eigenvalue weighted by Gasteiger charge is -2.10. The maximum Gasteiger partial charge on any atom is 0.418 e. The van der Waals surface area contributed by atoms with Gasteiger partial charge in [-0.2, -0.15) is 13.2 Å². The van der Waals surface area contributed by atoms with Gasteiger partial charge in [0.15, 0.2) is 5.78 Å². The first-order valence-corrected chi connectivity index (χ1v) is 8.00. The lowest BCUT2D eigenvalue weighted by atomic mass is 10.1. The van der Waals surface area contributed by atoms with Gasteiger partial charge in [0.25, 0.3) is 5.91 Å². The van der Waals surface area contributed by atoms with Crippen LogP contribution in [0.3, 0.4) is 0 Å². The number of rotatable bonds is 4. The van der Waals surface area contributed by atoms with E-state index in [4.69, 9.17) is 11.6 Å². The molecule has 0 aliphatic carbocycles. The second-order valence-electron chi connectivity index (χ2n) is 4.88. The summed E-state index contributed by atoms with van der Waals surface area (Å²) in [4.78, 5) is 28.1. The van der Waals surface area contributed by atoms with Crippen LogP contribution in [0, 0.1) is 0 Å². The Hall–Kier alpha value is -1.93. The maximum absolute atomic E-state index is 12.8. The number of alkyl halides is 3. The van der Waals surface area contributed by atoms with Gasteiger partial charge in [-0.3, -0.25) is 9.59 Å². The van der Waals surface area contributed by atoms with Crippen molar-refractivity contribution in [2.75, 3.05) is 5.32 Å². The number of ketones is 1. The van der Waals surface area contributed by atoms with Crippen LogP contribution < -0.4 is 5.32 Å². The summed E-state index contributed by atoms with van der Waals surface area (Å²) >= 11 is 6.48. The third-order valence-corrected chi connectivity index (χ3v) is 4.71. The van der Waals surface area contributed by atoms with Gasteiger partial charge in [-0.1, -0.05) is 18.5 Å². The molecular formula is C15H12ClF3N2O2S. The number of aromatic nitrogens is 1. The monoisotopic (exact) mass is 376 g/mol. The average molecular weight is 377 g/mol. The fourth-order valence-corrected chi connectivity index (χ4v) is 3.26. The molecule has 1 amide bonds. The highest BCUT2D eigenvalue weighted by molar-refractivity contribution is 7.16. The number of amides is 1. The van der Waals surface area contributed by atoms with Crippen LogP contribution in [-0.4, -0.2) is 16.7 Å². The Labute approximate surface area is 144 Å². The second kappa shape index (κ2) is 6.90. The van der Waals surface area contributed by atoms with E-state index in [9.17, 15) is 22.8 Å². The van der Waals surface area contributed by atoms with Crippen molar-refractivity contribution >= 4 is 40.4 Å². The number of halogens is 4. The average Bonchev–Trinajstić information content (AvgIpc) is 2.92. The van der Waals surface area contributed by atoms with E-state index < -0.39 is 22.7 Å². The summed E-state index contributed by atoms with van der Waals surface area (Å²) in [5.74, 6) is -1.07. The van der Waals surface area contributed by atoms with Gasteiger partial charge in [0.1, 0.15) is 5.82 Å². The quantitative estimate of drug-likeness (QED) is 0.777. The number of Topliss-reactive ketones (excluding diaryl/α,β-unsaturated/α-hetero) is 1. The minimum atomic E-state index is -4.65. The first-order chi connectivity index (χ1) is 11.1. The molecule has 0 saturated carbocycles. The van der Waals surface area contributed by atoms with Crippen LogP contribution >= 0.6 is 22.9 Å². The second-order valence-corrected chi connectivity index (χ2v) is 6.34. The van der Waals surface area contributed by atoms with E-state index in [1.54, 1.807) is 6.07 Å². The Morgan fingerprint density at radius 1 is 1.33 bits per heavy atom. The van der Waals surface area contributed by atoms with Crippen molar-refractivity contribution in [3.8, 4) is 0 Å². The van der Waals surface area contributed by atoms with Crippen molar-refractivity contribution in [1.82, 2.24) is 4.98 Å². The molecule has 0 aromatic carbocycles. The molecule has 2 rings (SSSR count). The van der Waals surface area contributed by atoms with Crippen molar-refractivity contribution in [3.05, 3.63) is 44.2 Å². The van der Waals surface area contributed by atoms with E-state index in [0.29, 0.717) is 17.4 Å².